The second-order valence-corrected chi connectivity index (χ2v) is 14.6. The van der Waals surface area contributed by atoms with Gasteiger partial charge in [0, 0.05) is 48.8 Å². The number of carbonyl (C=O) groups excluding carboxylic acids is 1. The Labute approximate surface area is 289 Å². The van der Waals surface area contributed by atoms with Crippen LogP contribution in [-0.4, -0.2) is 47.2 Å². The Morgan fingerprint density at radius 2 is 1.71 bits per heavy atom. The Morgan fingerprint density at radius 1 is 0.959 bits per heavy atom. The van der Waals surface area contributed by atoms with Gasteiger partial charge in [0.05, 0.1) is 12.4 Å². The minimum atomic E-state index is -3.84. The molecule has 9 nitrogen and oxygen atoms in total. The van der Waals surface area contributed by atoms with Crippen LogP contribution in [0.25, 0.3) is 17.2 Å². The highest BCUT2D eigenvalue weighted by atomic mass is 32.2. The van der Waals surface area contributed by atoms with Crippen LogP contribution in [0.5, 0.6) is 5.75 Å². The molecule has 1 aliphatic heterocycles. The molecular formula is C39H45N3O6S. The first kappa shape index (κ1) is 35.6. The molecule has 0 aliphatic carbocycles. The lowest BCUT2D eigenvalue weighted by Gasteiger charge is -2.27. The largest absolute Gasteiger partial charge is 0.618 e. The summed E-state index contributed by atoms with van der Waals surface area (Å²) < 4.78 is 37.4. The number of aromatic nitrogens is 1. The quantitative estimate of drug-likeness (QED) is 0.0813. The number of pyridine rings is 1. The number of nitrogens with one attached hydrogen (secondary N) is 1. The monoisotopic (exact) mass is 683 g/mol. The molecule has 49 heavy (non-hydrogen) atoms. The predicted octanol–water partition coefficient (Wildman–Crippen LogP) is 7.04. The Balaban J connectivity index is 1.29. The Bertz CT molecular complexity index is 1850. The number of fused-ring (bicyclic) bond motifs is 1. The third-order valence-electron chi connectivity index (χ3n) is 8.23. The topological polar surface area (TPSA) is 112 Å². The lowest BCUT2D eigenvalue weighted by atomic mass is 10.00. The Kier molecular flexibility index (Phi) is 12.1. The highest BCUT2D eigenvalue weighted by molar-refractivity contribution is 7.90. The first-order valence-corrected chi connectivity index (χ1v) is 18.5. The van der Waals surface area contributed by atoms with Crippen LogP contribution in [0.4, 0.5) is 11.4 Å². The summed E-state index contributed by atoms with van der Waals surface area (Å²) >= 11 is 0. The zero-order valence-corrected chi connectivity index (χ0v) is 29.2. The second kappa shape index (κ2) is 16.6. The number of sulfone groups is 1. The van der Waals surface area contributed by atoms with Gasteiger partial charge in [0.1, 0.15) is 12.4 Å². The molecule has 10 heteroatoms. The maximum atomic E-state index is 13.6. The average Bonchev–Trinajstić information content (AvgIpc) is 3.26. The average molecular weight is 684 g/mol. The fourth-order valence-corrected chi connectivity index (χ4v) is 7.14. The van der Waals surface area contributed by atoms with Crippen LogP contribution in [0.15, 0.2) is 102 Å². The number of unbranched alkanes of at least 4 members (excludes halogenated alkanes) is 1. The van der Waals surface area contributed by atoms with Crippen molar-refractivity contribution in [2.45, 2.75) is 50.8 Å². The minimum absolute atomic E-state index is 0.208. The van der Waals surface area contributed by atoms with Crippen LogP contribution in [0, 0.1) is 11.1 Å². The fraction of sp³-hybridized carbons (Fsp3) is 0.333. The second-order valence-electron chi connectivity index (χ2n) is 12.6. The highest BCUT2D eigenvalue weighted by Crippen LogP contribution is 2.34. The third-order valence-corrected chi connectivity index (χ3v) is 9.89. The molecule has 0 unspecified atom stereocenters. The van der Waals surface area contributed by atoms with Gasteiger partial charge in [-0.2, -0.15) is 4.73 Å². The number of amides is 1. The Hall–Kier alpha value is -4.67. The van der Waals surface area contributed by atoms with Crippen molar-refractivity contribution in [3.63, 3.8) is 0 Å². The van der Waals surface area contributed by atoms with Crippen molar-refractivity contribution in [2.75, 3.05) is 43.1 Å². The van der Waals surface area contributed by atoms with Crippen molar-refractivity contribution in [1.82, 2.24) is 0 Å². The van der Waals surface area contributed by atoms with Gasteiger partial charge in [0.25, 0.3) is 5.91 Å². The molecule has 3 aromatic carbocycles. The molecule has 2 heterocycles. The number of hydrogen-bond donors (Lipinski definition) is 1. The summed E-state index contributed by atoms with van der Waals surface area (Å²) in [7, 11) is -3.84. The van der Waals surface area contributed by atoms with Gasteiger partial charge < -0.3 is 24.9 Å². The van der Waals surface area contributed by atoms with Gasteiger partial charge >= 0.3 is 5.03 Å². The summed E-state index contributed by atoms with van der Waals surface area (Å²) in [5.74, 6) is 0.698. The standard InChI is InChI=1S/C39H45N3O6S/c1-4-5-22-47-23-24-48-36-16-11-31(12-17-36)32-13-18-37-34(25-32)26-33(19-21-41(37)27-29(2)3)39(43)40-35-14-9-30(10-15-35)28-49(45,46)38-8-6-7-20-42(38)44/h6-18,20,25-26,29H,4-5,19,21-24,27-28H2,1-3H3,(H,40,43). The molecule has 0 radical (unpaired) electrons. The molecular weight excluding hydrogens is 639 g/mol. The molecule has 0 atom stereocenters. The zero-order valence-electron chi connectivity index (χ0n) is 28.4. The SMILES string of the molecule is CCCCOCCOc1ccc(-c2ccc3c(c2)C=C(C(=O)Nc2ccc(CS(=O)(=O)c4cccc[n+]4[O-])cc2)CCN3CC(C)C)cc1. The molecule has 1 aliphatic rings. The molecule has 5 rings (SSSR count). The van der Waals surface area contributed by atoms with E-state index in [1.54, 1.807) is 24.3 Å². The summed E-state index contributed by atoms with van der Waals surface area (Å²) in [6.07, 6.45) is 5.87. The van der Waals surface area contributed by atoms with E-state index >= 15 is 0 Å². The normalized spacial score (nSPS) is 13.1. The van der Waals surface area contributed by atoms with Gasteiger partial charge in [-0.25, -0.2) is 8.42 Å². The van der Waals surface area contributed by atoms with Crippen LogP contribution in [0.3, 0.4) is 0 Å². The molecule has 4 aromatic rings. The lowest BCUT2D eigenvalue weighted by Crippen LogP contribution is -2.33. The zero-order chi connectivity index (χ0) is 34.8. The lowest BCUT2D eigenvalue weighted by molar-refractivity contribution is -0.646. The van der Waals surface area contributed by atoms with E-state index in [1.807, 2.05) is 30.3 Å². The number of carbonyl (C=O) groups is 1. The van der Waals surface area contributed by atoms with Crippen molar-refractivity contribution < 1.29 is 27.4 Å². The van der Waals surface area contributed by atoms with Gasteiger partial charge in [-0.1, -0.05) is 57.5 Å². The van der Waals surface area contributed by atoms with Crippen molar-refractivity contribution in [3.05, 3.63) is 113 Å². The summed E-state index contributed by atoms with van der Waals surface area (Å²) in [6, 6.07) is 25.4. The van der Waals surface area contributed by atoms with E-state index in [2.05, 4.69) is 49.2 Å². The van der Waals surface area contributed by atoms with E-state index in [0.717, 1.165) is 60.3 Å². The third kappa shape index (κ3) is 9.70. The molecule has 258 valence electrons. The van der Waals surface area contributed by atoms with Crippen LogP contribution in [0.1, 0.15) is 51.2 Å². The number of rotatable bonds is 15. The number of benzene rings is 3. The van der Waals surface area contributed by atoms with Crippen molar-refractivity contribution >= 4 is 33.2 Å². The molecule has 1 amide bonds. The van der Waals surface area contributed by atoms with Crippen LogP contribution >= 0.6 is 0 Å². The summed E-state index contributed by atoms with van der Waals surface area (Å²) in [4.78, 5) is 15.9. The maximum Gasteiger partial charge on any atom is 0.308 e. The van der Waals surface area contributed by atoms with Crippen molar-refractivity contribution in [2.24, 2.45) is 5.92 Å². The molecule has 0 spiro atoms. The smallest absolute Gasteiger partial charge is 0.308 e. The van der Waals surface area contributed by atoms with E-state index in [0.29, 0.717) is 53.7 Å². The van der Waals surface area contributed by atoms with E-state index in [1.165, 1.54) is 18.2 Å². The maximum absolute atomic E-state index is 13.6. The number of ether oxygens (including phenoxy) is 2. The van der Waals surface area contributed by atoms with E-state index in [-0.39, 0.29) is 16.7 Å². The van der Waals surface area contributed by atoms with Gasteiger partial charge in [-0.15, -0.1) is 0 Å². The van der Waals surface area contributed by atoms with E-state index in [9.17, 15) is 18.4 Å². The van der Waals surface area contributed by atoms with Gasteiger partial charge in [-0.05, 0) is 89.6 Å². The molecule has 0 fully saturated rings. The van der Waals surface area contributed by atoms with E-state index in [4.69, 9.17) is 9.47 Å². The number of hydrogen-bond acceptors (Lipinski definition) is 7. The number of anilines is 2. The van der Waals surface area contributed by atoms with Crippen LogP contribution < -0.4 is 19.7 Å². The summed E-state index contributed by atoms with van der Waals surface area (Å²) in [5.41, 5.74) is 5.88. The Morgan fingerprint density at radius 3 is 2.43 bits per heavy atom. The van der Waals surface area contributed by atoms with Crippen molar-refractivity contribution in [1.29, 1.82) is 0 Å². The molecule has 0 saturated heterocycles. The molecule has 0 bridgehead atoms. The van der Waals surface area contributed by atoms with Crippen LogP contribution in [0.2, 0.25) is 0 Å². The summed E-state index contributed by atoms with van der Waals surface area (Å²) in [5, 5.41) is 14.7. The van der Waals surface area contributed by atoms with Gasteiger partial charge in [-0.3, -0.25) is 4.79 Å². The minimum Gasteiger partial charge on any atom is -0.618 e. The molecule has 1 N–H and O–H groups in total. The fourth-order valence-electron chi connectivity index (χ4n) is 5.74. The number of nitrogens with zero attached hydrogens (tertiary/aromatic N) is 2. The van der Waals surface area contributed by atoms with Crippen molar-refractivity contribution in [3.8, 4) is 16.9 Å². The molecule has 1 aromatic heterocycles. The predicted molar refractivity (Wildman–Crippen MR) is 194 cm³/mol. The van der Waals surface area contributed by atoms with Gasteiger partial charge in [0.15, 0.2) is 6.20 Å². The van der Waals surface area contributed by atoms with E-state index < -0.39 is 9.84 Å². The molecule has 0 saturated carbocycles. The van der Waals surface area contributed by atoms with Crippen LogP contribution in [-0.2, 0) is 25.1 Å². The summed E-state index contributed by atoms with van der Waals surface area (Å²) in [6.45, 7) is 9.91. The van der Waals surface area contributed by atoms with Gasteiger partial charge in [0.2, 0.25) is 9.84 Å². The first-order valence-electron chi connectivity index (χ1n) is 16.8. The first-order chi connectivity index (χ1) is 23.6. The highest BCUT2D eigenvalue weighted by Gasteiger charge is 2.24.